The van der Waals surface area contributed by atoms with Crippen LogP contribution in [0.15, 0.2) is 42.5 Å². The lowest BCUT2D eigenvalue weighted by Crippen LogP contribution is -2.42. The highest BCUT2D eigenvalue weighted by atomic mass is 16.7. The van der Waals surface area contributed by atoms with Crippen LogP contribution in [-0.4, -0.2) is 49.3 Å². The van der Waals surface area contributed by atoms with Crippen molar-refractivity contribution in [3.05, 3.63) is 48.0 Å². The molecular formula is C25H37NO5. The number of benzene rings is 1. The molecule has 1 saturated carbocycles. The van der Waals surface area contributed by atoms with Crippen molar-refractivity contribution in [3.63, 3.8) is 0 Å². The van der Waals surface area contributed by atoms with Crippen LogP contribution >= 0.6 is 0 Å². The van der Waals surface area contributed by atoms with Gasteiger partial charge >= 0.3 is 5.97 Å². The Hall–Kier alpha value is -1.73. The van der Waals surface area contributed by atoms with Crippen LogP contribution in [0.3, 0.4) is 0 Å². The maximum absolute atomic E-state index is 10.7. The SMILES string of the molecule is CN[C@H]1[C@H](C/C=C\CCCC(=O)O)[C@H](OCc2ccccc2)C[C@@H]1OC1CCCCO1. The van der Waals surface area contributed by atoms with Crippen molar-refractivity contribution in [1.82, 2.24) is 5.32 Å². The molecule has 3 rings (SSSR count). The molecule has 1 aromatic rings. The van der Waals surface area contributed by atoms with Gasteiger partial charge < -0.3 is 24.6 Å². The molecule has 0 amide bonds. The molecule has 2 fully saturated rings. The number of carbonyl (C=O) groups is 1. The van der Waals surface area contributed by atoms with Crippen LogP contribution in [0.1, 0.15) is 56.9 Å². The molecule has 6 nitrogen and oxygen atoms in total. The Morgan fingerprint density at radius 2 is 2.06 bits per heavy atom. The summed E-state index contributed by atoms with van der Waals surface area (Å²) in [6, 6.07) is 10.5. The molecule has 2 N–H and O–H groups in total. The lowest BCUT2D eigenvalue weighted by Gasteiger charge is -2.30. The van der Waals surface area contributed by atoms with Crippen LogP contribution < -0.4 is 5.32 Å². The molecule has 2 aliphatic rings. The van der Waals surface area contributed by atoms with Gasteiger partial charge in [0.1, 0.15) is 0 Å². The topological polar surface area (TPSA) is 77.0 Å². The Balaban J connectivity index is 1.60. The number of allylic oxidation sites excluding steroid dienone is 2. The fourth-order valence-corrected chi connectivity index (χ4v) is 4.62. The van der Waals surface area contributed by atoms with E-state index < -0.39 is 5.97 Å². The predicted molar refractivity (Wildman–Crippen MR) is 120 cm³/mol. The molecule has 0 spiro atoms. The van der Waals surface area contributed by atoms with Crippen molar-refractivity contribution in [2.24, 2.45) is 5.92 Å². The summed E-state index contributed by atoms with van der Waals surface area (Å²) < 4.78 is 18.6. The zero-order chi connectivity index (χ0) is 21.9. The standard InChI is InChI=1S/C25H37NO5/c1-26-25-20(13-7-2-3-8-14-23(27)28)21(30-18-19-11-5-4-6-12-19)17-22(25)31-24-15-9-10-16-29-24/h2,4-7,11-12,20-22,24-26H,3,8-10,13-18H2,1H3,(H,27,28)/b7-2-/t20-,21-,22+,24?,25+/m1/s1. The molecule has 172 valence electrons. The molecule has 1 aliphatic carbocycles. The molecule has 1 unspecified atom stereocenters. The Labute approximate surface area is 186 Å². The van der Waals surface area contributed by atoms with E-state index in [2.05, 4.69) is 29.6 Å². The average molecular weight is 432 g/mol. The fourth-order valence-electron chi connectivity index (χ4n) is 4.62. The minimum atomic E-state index is -0.737. The second-order valence-electron chi connectivity index (χ2n) is 8.51. The highest BCUT2D eigenvalue weighted by Crippen LogP contribution is 2.36. The number of carboxylic acids is 1. The summed E-state index contributed by atoms with van der Waals surface area (Å²) in [5.74, 6) is -0.447. The van der Waals surface area contributed by atoms with Crippen molar-refractivity contribution < 1.29 is 24.1 Å². The number of hydrogen-bond donors (Lipinski definition) is 2. The van der Waals surface area contributed by atoms with Crippen LogP contribution in [0, 0.1) is 5.92 Å². The van der Waals surface area contributed by atoms with Gasteiger partial charge in [0.2, 0.25) is 0 Å². The van der Waals surface area contributed by atoms with E-state index in [0.29, 0.717) is 13.0 Å². The second kappa shape index (κ2) is 13.0. The number of rotatable bonds is 12. The van der Waals surface area contributed by atoms with E-state index in [1.54, 1.807) is 0 Å². The summed E-state index contributed by atoms with van der Waals surface area (Å²) in [5, 5.41) is 12.3. The van der Waals surface area contributed by atoms with Crippen molar-refractivity contribution in [3.8, 4) is 0 Å². The van der Waals surface area contributed by atoms with E-state index in [9.17, 15) is 4.79 Å². The van der Waals surface area contributed by atoms with Gasteiger partial charge in [0.25, 0.3) is 0 Å². The van der Waals surface area contributed by atoms with Gasteiger partial charge in [-0.15, -0.1) is 0 Å². The van der Waals surface area contributed by atoms with Gasteiger partial charge in [0.05, 0.1) is 18.8 Å². The summed E-state index contributed by atoms with van der Waals surface area (Å²) in [4.78, 5) is 10.7. The summed E-state index contributed by atoms with van der Waals surface area (Å²) in [6.07, 6.45) is 10.9. The van der Waals surface area contributed by atoms with Gasteiger partial charge in [-0.2, -0.15) is 0 Å². The van der Waals surface area contributed by atoms with Gasteiger partial charge in [-0.25, -0.2) is 0 Å². The Bertz CT molecular complexity index is 674. The molecule has 31 heavy (non-hydrogen) atoms. The van der Waals surface area contributed by atoms with Crippen LogP contribution in [0.4, 0.5) is 0 Å². The fraction of sp³-hybridized carbons (Fsp3) is 0.640. The summed E-state index contributed by atoms with van der Waals surface area (Å²) in [7, 11) is 1.99. The summed E-state index contributed by atoms with van der Waals surface area (Å²) >= 11 is 0. The third-order valence-corrected chi connectivity index (χ3v) is 6.25. The molecule has 1 aromatic carbocycles. The minimum Gasteiger partial charge on any atom is -0.481 e. The van der Waals surface area contributed by atoms with Gasteiger partial charge in [0, 0.05) is 31.4 Å². The molecule has 5 atom stereocenters. The maximum atomic E-state index is 10.7. The van der Waals surface area contributed by atoms with E-state index >= 15 is 0 Å². The number of hydrogen-bond acceptors (Lipinski definition) is 5. The molecule has 0 radical (unpaired) electrons. The van der Waals surface area contributed by atoms with Gasteiger partial charge in [-0.1, -0.05) is 42.5 Å². The largest absolute Gasteiger partial charge is 0.481 e. The normalized spacial score (nSPS) is 28.9. The Kier molecular flexibility index (Phi) is 10.0. The number of ether oxygens (including phenoxy) is 3. The van der Waals surface area contributed by atoms with Gasteiger partial charge in [0.15, 0.2) is 6.29 Å². The lowest BCUT2D eigenvalue weighted by atomic mass is 9.96. The number of carboxylic acid groups (broad SMARTS) is 1. The molecule has 1 heterocycles. The first-order valence-corrected chi connectivity index (χ1v) is 11.6. The molecule has 6 heteroatoms. The minimum absolute atomic E-state index is 0.0549. The monoisotopic (exact) mass is 431 g/mol. The van der Waals surface area contributed by atoms with Crippen LogP contribution in [0.5, 0.6) is 0 Å². The van der Waals surface area contributed by atoms with Crippen molar-refractivity contribution in [1.29, 1.82) is 0 Å². The van der Waals surface area contributed by atoms with E-state index in [4.69, 9.17) is 19.3 Å². The summed E-state index contributed by atoms with van der Waals surface area (Å²) in [6.45, 7) is 1.37. The first kappa shape index (κ1) is 23.9. The van der Waals surface area contributed by atoms with Gasteiger partial charge in [-0.05, 0) is 51.1 Å². The van der Waals surface area contributed by atoms with Gasteiger partial charge in [-0.3, -0.25) is 4.79 Å². The molecule has 0 aromatic heterocycles. The average Bonchev–Trinajstić information content (AvgIpc) is 3.11. The Morgan fingerprint density at radius 3 is 2.77 bits per heavy atom. The van der Waals surface area contributed by atoms with Crippen LogP contribution in [0.25, 0.3) is 0 Å². The van der Waals surface area contributed by atoms with Crippen molar-refractivity contribution >= 4 is 5.97 Å². The van der Waals surface area contributed by atoms with Crippen molar-refractivity contribution in [2.45, 2.75) is 82.5 Å². The van der Waals surface area contributed by atoms with Crippen LogP contribution in [0.2, 0.25) is 0 Å². The smallest absolute Gasteiger partial charge is 0.303 e. The first-order valence-electron chi connectivity index (χ1n) is 11.6. The third-order valence-electron chi connectivity index (χ3n) is 6.25. The molecule has 1 aliphatic heterocycles. The molecule has 1 saturated heterocycles. The number of likely N-dealkylation sites (N-methyl/N-ethyl adjacent to an activating group) is 1. The Morgan fingerprint density at radius 1 is 1.23 bits per heavy atom. The highest BCUT2D eigenvalue weighted by molar-refractivity contribution is 5.66. The number of nitrogens with one attached hydrogen (secondary N) is 1. The lowest BCUT2D eigenvalue weighted by molar-refractivity contribution is -0.191. The molecule has 0 bridgehead atoms. The highest BCUT2D eigenvalue weighted by Gasteiger charge is 2.44. The second-order valence-corrected chi connectivity index (χ2v) is 8.51. The zero-order valence-electron chi connectivity index (χ0n) is 18.6. The van der Waals surface area contributed by atoms with E-state index in [1.165, 1.54) is 5.56 Å². The third kappa shape index (κ3) is 7.72. The molecular weight excluding hydrogens is 394 g/mol. The number of aliphatic carboxylic acids is 1. The van der Waals surface area contributed by atoms with E-state index in [1.807, 2.05) is 25.2 Å². The van der Waals surface area contributed by atoms with E-state index in [-0.39, 0.29) is 36.9 Å². The first-order chi connectivity index (χ1) is 15.2. The summed E-state index contributed by atoms with van der Waals surface area (Å²) in [5.41, 5.74) is 1.17. The predicted octanol–water partition coefficient (Wildman–Crippen LogP) is 4.29. The van der Waals surface area contributed by atoms with Crippen molar-refractivity contribution in [2.75, 3.05) is 13.7 Å². The zero-order valence-corrected chi connectivity index (χ0v) is 18.6. The number of unbranched alkanes of at least 4 members (excludes halogenated alkanes) is 1. The maximum Gasteiger partial charge on any atom is 0.303 e. The quantitative estimate of drug-likeness (QED) is 0.380. The van der Waals surface area contributed by atoms with E-state index in [0.717, 1.165) is 45.1 Å². The van der Waals surface area contributed by atoms with Crippen LogP contribution in [-0.2, 0) is 25.6 Å².